The Morgan fingerprint density at radius 1 is 1.44 bits per heavy atom. The van der Waals surface area contributed by atoms with Crippen molar-refractivity contribution >= 4 is 11.9 Å². The van der Waals surface area contributed by atoms with Gasteiger partial charge in [0.2, 0.25) is 5.91 Å². The van der Waals surface area contributed by atoms with Gasteiger partial charge < -0.3 is 20.8 Å². The van der Waals surface area contributed by atoms with Gasteiger partial charge in [0.25, 0.3) is 0 Å². The number of amides is 1. The third-order valence-electron chi connectivity index (χ3n) is 2.29. The molecule has 0 rings (SSSR count). The molecule has 0 aliphatic carbocycles. The highest BCUT2D eigenvalue weighted by molar-refractivity contribution is 5.82. The molecule has 0 bridgehead atoms. The fourth-order valence-corrected chi connectivity index (χ4v) is 1.06. The number of aliphatic carboxylic acids is 1. The number of carbonyl (C=O) groups excluding carboxylic acids is 1. The molecule has 0 aliphatic heterocycles. The van der Waals surface area contributed by atoms with Crippen LogP contribution >= 0.6 is 0 Å². The minimum absolute atomic E-state index is 0.0884. The van der Waals surface area contributed by atoms with E-state index in [0.717, 1.165) is 0 Å². The van der Waals surface area contributed by atoms with Gasteiger partial charge in [-0.1, -0.05) is 6.92 Å². The average molecular weight is 232 g/mol. The second-order valence-corrected chi connectivity index (χ2v) is 4.07. The van der Waals surface area contributed by atoms with Crippen molar-refractivity contribution in [2.75, 3.05) is 13.1 Å². The number of aliphatic hydroxyl groups is 1. The van der Waals surface area contributed by atoms with Gasteiger partial charge in [-0.25, -0.2) is 4.79 Å². The summed E-state index contributed by atoms with van der Waals surface area (Å²) in [7, 11) is 0. The van der Waals surface area contributed by atoms with Gasteiger partial charge in [0, 0.05) is 20.0 Å². The number of rotatable bonds is 7. The van der Waals surface area contributed by atoms with E-state index in [1.165, 1.54) is 6.92 Å². The van der Waals surface area contributed by atoms with Crippen molar-refractivity contribution in [2.24, 2.45) is 0 Å². The molecule has 0 spiro atoms. The van der Waals surface area contributed by atoms with Crippen LogP contribution in [0.3, 0.4) is 0 Å². The van der Waals surface area contributed by atoms with E-state index in [4.69, 9.17) is 5.11 Å². The first-order valence-corrected chi connectivity index (χ1v) is 5.21. The Morgan fingerprint density at radius 2 is 2.00 bits per heavy atom. The number of hydrogen-bond acceptors (Lipinski definition) is 4. The van der Waals surface area contributed by atoms with Gasteiger partial charge in [0.15, 0.2) is 0 Å². The minimum atomic E-state index is -1.10. The van der Waals surface area contributed by atoms with E-state index in [1.807, 2.05) is 6.92 Å². The molecule has 0 aromatic rings. The largest absolute Gasteiger partial charge is 0.480 e. The third kappa shape index (κ3) is 6.36. The summed E-state index contributed by atoms with van der Waals surface area (Å²) >= 11 is 0. The van der Waals surface area contributed by atoms with Crippen molar-refractivity contribution in [1.82, 2.24) is 10.6 Å². The van der Waals surface area contributed by atoms with Crippen molar-refractivity contribution in [3.05, 3.63) is 0 Å². The summed E-state index contributed by atoms with van der Waals surface area (Å²) < 4.78 is 0. The van der Waals surface area contributed by atoms with Crippen molar-refractivity contribution in [2.45, 2.75) is 38.8 Å². The summed E-state index contributed by atoms with van der Waals surface area (Å²) in [6, 6.07) is -0.967. The second-order valence-electron chi connectivity index (χ2n) is 4.07. The summed E-state index contributed by atoms with van der Waals surface area (Å²) in [5.74, 6) is -1.49. The van der Waals surface area contributed by atoms with E-state index in [9.17, 15) is 14.7 Å². The molecule has 2 unspecified atom stereocenters. The number of carboxylic acids is 1. The maximum Gasteiger partial charge on any atom is 0.327 e. The Hall–Kier alpha value is -1.14. The fourth-order valence-electron chi connectivity index (χ4n) is 1.06. The minimum Gasteiger partial charge on any atom is -0.480 e. The zero-order valence-corrected chi connectivity index (χ0v) is 9.91. The first-order chi connectivity index (χ1) is 7.28. The average Bonchev–Trinajstić information content (AvgIpc) is 2.15. The molecule has 6 nitrogen and oxygen atoms in total. The van der Waals surface area contributed by atoms with Crippen molar-refractivity contribution in [3.63, 3.8) is 0 Å². The predicted octanol–water partition coefficient (Wildman–Crippen LogP) is -0.674. The van der Waals surface area contributed by atoms with E-state index >= 15 is 0 Å². The van der Waals surface area contributed by atoms with Gasteiger partial charge in [0.05, 0.1) is 5.60 Å². The smallest absolute Gasteiger partial charge is 0.327 e. The number of hydrogen-bond donors (Lipinski definition) is 4. The van der Waals surface area contributed by atoms with Crippen LogP contribution in [0.2, 0.25) is 0 Å². The maximum atomic E-state index is 10.7. The molecule has 6 heteroatoms. The monoisotopic (exact) mass is 232 g/mol. The molecular formula is C10H20N2O4. The lowest BCUT2D eigenvalue weighted by molar-refractivity contribution is -0.141. The Labute approximate surface area is 95.0 Å². The molecule has 0 saturated heterocycles. The van der Waals surface area contributed by atoms with Crippen LogP contribution in [0.25, 0.3) is 0 Å². The normalized spacial score (nSPS) is 16.2. The number of nitrogens with one attached hydrogen (secondary N) is 2. The van der Waals surface area contributed by atoms with Gasteiger partial charge in [-0.3, -0.25) is 4.79 Å². The van der Waals surface area contributed by atoms with Gasteiger partial charge in [-0.15, -0.1) is 0 Å². The fraction of sp³-hybridized carbons (Fsp3) is 0.800. The highest BCUT2D eigenvalue weighted by Crippen LogP contribution is 2.05. The highest BCUT2D eigenvalue weighted by Gasteiger charge is 2.21. The number of carbonyl (C=O) groups is 2. The molecule has 94 valence electrons. The summed E-state index contributed by atoms with van der Waals surface area (Å²) in [5, 5.41) is 23.6. The quantitative estimate of drug-likeness (QED) is 0.466. The molecule has 0 aromatic heterocycles. The Kier molecular flexibility index (Phi) is 5.98. The van der Waals surface area contributed by atoms with Crippen LogP contribution in [-0.2, 0) is 9.59 Å². The lowest BCUT2D eigenvalue weighted by Crippen LogP contribution is -2.49. The molecular weight excluding hydrogens is 212 g/mol. The Balaban J connectivity index is 4.04. The van der Waals surface area contributed by atoms with E-state index in [0.29, 0.717) is 6.42 Å². The van der Waals surface area contributed by atoms with Gasteiger partial charge in [-0.2, -0.15) is 0 Å². The SMILES string of the molecule is CCC(C)(O)CNCC(NC(C)=O)C(=O)O. The maximum absolute atomic E-state index is 10.7. The van der Waals surface area contributed by atoms with Crippen LogP contribution in [0.4, 0.5) is 0 Å². The summed E-state index contributed by atoms with van der Waals surface area (Å²) in [4.78, 5) is 21.5. The highest BCUT2D eigenvalue weighted by atomic mass is 16.4. The van der Waals surface area contributed by atoms with Crippen LogP contribution in [-0.4, -0.2) is 46.8 Å². The molecule has 0 fully saturated rings. The summed E-state index contributed by atoms with van der Waals surface area (Å²) in [6.45, 7) is 5.13. The van der Waals surface area contributed by atoms with Crippen LogP contribution in [0.15, 0.2) is 0 Å². The second kappa shape index (κ2) is 6.44. The van der Waals surface area contributed by atoms with Gasteiger partial charge in [0.1, 0.15) is 6.04 Å². The molecule has 2 atom stereocenters. The summed E-state index contributed by atoms with van der Waals surface area (Å²) in [5.41, 5.74) is -0.862. The zero-order valence-electron chi connectivity index (χ0n) is 9.91. The van der Waals surface area contributed by atoms with Gasteiger partial charge >= 0.3 is 5.97 Å². The van der Waals surface area contributed by atoms with Crippen LogP contribution in [0.1, 0.15) is 27.2 Å². The van der Waals surface area contributed by atoms with E-state index in [2.05, 4.69) is 10.6 Å². The lowest BCUT2D eigenvalue weighted by atomic mass is 10.0. The van der Waals surface area contributed by atoms with Gasteiger partial charge in [-0.05, 0) is 13.3 Å². The topological polar surface area (TPSA) is 98.7 Å². The van der Waals surface area contributed by atoms with E-state index in [1.54, 1.807) is 6.92 Å². The Bertz CT molecular complexity index is 253. The first kappa shape index (κ1) is 14.9. The van der Waals surface area contributed by atoms with Crippen LogP contribution < -0.4 is 10.6 Å². The molecule has 0 saturated carbocycles. The lowest BCUT2D eigenvalue weighted by Gasteiger charge is -2.23. The number of carboxylic acid groups (broad SMARTS) is 1. The molecule has 16 heavy (non-hydrogen) atoms. The van der Waals surface area contributed by atoms with E-state index < -0.39 is 23.5 Å². The van der Waals surface area contributed by atoms with Crippen molar-refractivity contribution in [3.8, 4) is 0 Å². The van der Waals surface area contributed by atoms with E-state index in [-0.39, 0.29) is 13.1 Å². The molecule has 1 amide bonds. The Morgan fingerprint density at radius 3 is 2.38 bits per heavy atom. The molecule has 0 aliphatic rings. The molecule has 0 heterocycles. The molecule has 0 radical (unpaired) electrons. The third-order valence-corrected chi connectivity index (χ3v) is 2.29. The standard InChI is InChI=1S/C10H20N2O4/c1-4-10(3,16)6-11-5-8(9(14)15)12-7(2)13/h8,11,16H,4-6H2,1-3H3,(H,12,13)(H,14,15). The molecule has 4 N–H and O–H groups in total. The van der Waals surface area contributed by atoms with Crippen molar-refractivity contribution in [1.29, 1.82) is 0 Å². The van der Waals surface area contributed by atoms with Crippen molar-refractivity contribution < 1.29 is 19.8 Å². The van der Waals surface area contributed by atoms with Crippen LogP contribution in [0, 0.1) is 0 Å². The predicted molar refractivity (Wildman–Crippen MR) is 59.0 cm³/mol. The van der Waals surface area contributed by atoms with Crippen LogP contribution in [0.5, 0.6) is 0 Å². The summed E-state index contributed by atoms with van der Waals surface area (Å²) in [6.07, 6.45) is 0.567. The first-order valence-electron chi connectivity index (χ1n) is 5.21. The molecule has 0 aromatic carbocycles. The zero-order chi connectivity index (χ0) is 12.8.